The number of ether oxygens (including phenoxy) is 3. The Balaban J connectivity index is 1.82. The van der Waals surface area contributed by atoms with Crippen molar-refractivity contribution in [3.05, 3.63) is 23.8 Å². The van der Waals surface area contributed by atoms with E-state index in [4.69, 9.17) is 9.47 Å². The lowest BCUT2D eigenvalue weighted by Gasteiger charge is -2.14. The Kier molecular flexibility index (Phi) is 5.46. The molecule has 1 aromatic rings. The van der Waals surface area contributed by atoms with Crippen LogP contribution in [-0.4, -0.2) is 39.4 Å². The minimum atomic E-state index is -0.251. The summed E-state index contributed by atoms with van der Waals surface area (Å²) in [6.45, 7) is 3.10. The molecule has 7 heteroatoms. The Morgan fingerprint density at radius 3 is 2.86 bits per heavy atom. The molecule has 1 unspecified atom stereocenters. The number of esters is 1. The van der Waals surface area contributed by atoms with Gasteiger partial charge in [0.2, 0.25) is 6.79 Å². The maximum absolute atomic E-state index is 11.4. The molecule has 0 amide bonds. The number of rotatable bonds is 5. The second kappa shape index (κ2) is 7.53. The molecule has 1 aromatic carbocycles. The summed E-state index contributed by atoms with van der Waals surface area (Å²) in [5.41, 5.74) is 1.05. The third-order valence-corrected chi connectivity index (χ3v) is 3.30. The number of fused-ring (bicyclic) bond motifs is 1. The molecular weight excluding hydrogens is 286 g/mol. The Morgan fingerprint density at radius 2 is 2.14 bits per heavy atom. The third kappa shape index (κ3) is 4.03. The van der Waals surface area contributed by atoms with Gasteiger partial charge in [-0.05, 0) is 17.7 Å². The van der Waals surface area contributed by atoms with E-state index in [9.17, 15) is 4.79 Å². The fourth-order valence-electron chi connectivity index (χ4n) is 1.99. The predicted octanol–water partition coefficient (Wildman–Crippen LogP) is 0.889. The van der Waals surface area contributed by atoms with Crippen LogP contribution in [0.25, 0.3) is 0 Å². The van der Waals surface area contributed by atoms with E-state index in [0.717, 1.165) is 17.1 Å². The molecule has 0 radical (unpaired) electrons. The summed E-state index contributed by atoms with van der Waals surface area (Å²) >= 11 is 0. The molecule has 0 aliphatic carbocycles. The topological polar surface area (TPSA) is 81.2 Å². The first kappa shape index (κ1) is 15.9. The Labute approximate surface area is 129 Å². The van der Waals surface area contributed by atoms with E-state index in [1.54, 1.807) is 14.0 Å². The second-order valence-corrected chi connectivity index (χ2v) is 4.92. The summed E-state index contributed by atoms with van der Waals surface area (Å²) in [7, 11) is 3.06. The lowest BCUT2D eigenvalue weighted by Crippen LogP contribution is -2.40. The van der Waals surface area contributed by atoms with Crippen molar-refractivity contribution in [3.8, 4) is 11.5 Å². The molecule has 0 aromatic heterocycles. The molecule has 2 N–H and O–H groups in total. The van der Waals surface area contributed by atoms with Gasteiger partial charge in [0.15, 0.2) is 17.5 Å². The highest BCUT2D eigenvalue weighted by molar-refractivity contribution is 5.80. The van der Waals surface area contributed by atoms with Crippen LogP contribution in [0.15, 0.2) is 23.2 Å². The highest BCUT2D eigenvalue weighted by atomic mass is 16.7. The fourth-order valence-corrected chi connectivity index (χ4v) is 1.99. The molecule has 0 spiro atoms. The minimum Gasteiger partial charge on any atom is -0.469 e. The van der Waals surface area contributed by atoms with Gasteiger partial charge in [-0.1, -0.05) is 13.0 Å². The van der Waals surface area contributed by atoms with E-state index in [2.05, 4.69) is 20.4 Å². The van der Waals surface area contributed by atoms with Gasteiger partial charge in [0, 0.05) is 20.1 Å². The summed E-state index contributed by atoms with van der Waals surface area (Å²) in [5, 5.41) is 6.27. The molecular formula is C15H21N3O4. The van der Waals surface area contributed by atoms with Crippen molar-refractivity contribution < 1.29 is 19.0 Å². The number of hydrogen-bond donors (Lipinski definition) is 2. The van der Waals surface area contributed by atoms with Gasteiger partial charge in [0.25, 0.3) is 0 Å². The SMILES string of the molecule is CN=C(NCc1ccc2c(c1)OCO2)NCC(C)C(=O)OC. The third-order valence-electron chi connectivity index (χ3n) is 3.30. The average Bonchev–Trinajstić information content (AvgIpc) is 3.01. The van der Waals surface area contributed by atoms with E-state index in [1.165, 1.54) is 7.11 Å². The first-order valence-corrected chi connectivity index (χ1v) is 7.05. The van der Waals surface area contributed by atoms with Crippen molar-refractivity contribution in [1.82, 2.24) is 10.6 Å². The number of nitrogens with one attached hydrogen (secondary N) is 2. The number of benzene rings is 1. The zero-order chi connectivity index (χ0) is 15.9. The standard InChI is InChI=1S/C15H21N3O4/c1-10(14(19)20-3)7-17-15(16-2)18-8-11-4-5-12-13(6-11)22-9-21-12/h4-6,10H,7-9H2,1-3H3,(H2,16,17,18). The molecule has 1 heterocycles. The van der Waals surface area contributed by atoms with Gasteiger partial charge in [-0.15, -0.1) is 0 Å². The molecule has 22 heavy (non-hydrogen) atoms. The summed E-state index contributed by atoms with van der Waals surface area (Å²) in [6.07, 6.45) is 0. The molecule has 120 valence electrons. The van der Waals surface area contributed by atoms with Crippen molar-refractivity contribution >= 4 is 11.9 Å². The van der Waals surface area contributed by atoms with Crippen molar-refractivity contribution in [2.24, 2.45) is 10.9 Å². The highest BCUT2D eigenvalue weighted by Gasteiger charge is 2.14. The van der Waals surface area contributed by atoms with Crippen LogP contribution >= 0.6 is 0 Å². The normalized spacial score (nSPS) is 14.4. The first-order valence-electron chi connectivity index (χ1n) is 7.05. The van der Waals surface area contributed by atoms with Crippen LogP contribution in [-0.2, 0) is 16.1 Å². The van der Waals surface area contributed by atoms with E-state index >= 15 is 0 Å². The van der Waals surface area contributed by atoms with Gasteiger partial charge in [0.05, 0.1) is 13.0 Å². The molecule has 0 saturated carbocycles. The second-order valence-electron chi connectivity index (χ2n) is 4.92. The maximum Gasteiger partial charge on any atom is 0.310 e. The lowest BCUT2D eigenvalue weighted by molar-refractivity contribution is -0.144. The van der Waals surface area contributed by atoms with Gasteiger partial charge in [-0.25, -0.2) is 0 Å². The minimum absolute atomic E-state index is 0.242. The van der Waals surface area contributed by atoms with Gasteiger partial charge < -0.3 is 24.8 Å². The van der Waals surface area contributed by atoms with Crippen molar-refractivity contribution in [3.63, 3.8) is 0 Å². The summed E-state index contributed by atoms with van der Waals surface area (Å²) < 4.78 is 15.3. The quantitative estimate of drug-likeness (QED) is 0.478. The summed E-state index contributed by atoms with van der Waals surface area (Å²) in [5.74, 6) is 1.64. The number of hydrogen-bond acceptors (Lipinski definition) is 5. The zero-order valence-electron chi connectivity index (χ0n) is 13.0. The molecule has 0 saturated heterocycles. The van der Waals surface area contributed by atoms with Crippen molar-refractivity contribution in [1.29, 1.82) is 0 Å². The Bertz CT molecular complexity index is 560. The Morgan fingerprint density at radius 1 is 1.36 bits per heavy atom. The predicted molar refractivity (Wildman–Crippen MR) is 81.9 cm³/mol. The number of nitrogens with zero attached hydrogens (tertiary/aromatic N) is 1. The van der Waals surface area contributed by atoms with Crippen LogP contribution < -0.4 is 20.1 Å². The molecule has 1 aliphatic rings. The largest absolute Gasteiger partial charge is 0.469 e. The number of methoxy groups -OCH3 is 1. The molecule has 7 nitrogen and oxygen atoms in total. The number of carbonyl (C=O) groups is 1. The molecule has 0 bridgehead atoms. The van der Waals surface area contributed by atoms with Crippen LogP contribution in [0.5, 0.6) is 11.5 Å². The van der Waals surface area contributed by atoms with Crippen molar-refractivity contribution in [2.75, 3.05) is 27.5 Å². The van der Waals surface area contributed by atoms with Gasteiger partial charge in [-0.3, -0.25) is 9.79 Å². The molecule has 1 atom stereocenters. The van der Waals surface area contributed by atoms with E-state index in [0.29, 0.717) is 19.0 Å². The van der Waals surface area contributed by atoms with Gasteiger partial charge in [0.1, 0.15) is 0 Å². The molecule has 2 rings (SSSR count). The van der Waals surface area contributed by atoms with Crippen molar-refractivity contribution in [2.45, 2.75) is 13.5 Å². The van der Waals surface area contributed by atoms with Crippen LogP contribution in [0.3, 0.4) is 0 Å². The zero-order valence-corrected chi connectivity index (χ0v) is 13.0. The van der Waals surface area contributed by atoms with E-state index in [1.807, 2.05) is 18.2 Å². The first-order chi connectivity index (χ1) is 10.6. The van der Waals surface area contributed by atoms with Crippen LogP contribution in [0.4, 0.5) is 0 Å². The van der Waals surface area contributed by atoms with Crippen LogP contribution in [0, 0.1) is 5.92 Å². The monoisotopic (exact) mass is 307 g/mol. The molecule has 1 aliphatic heterocycles. The van der Waals surface area contributed by atoms with Gasteiger partial charge in [-0.2, -0.15) is 0 Å². The summed E-state index contributed by atoms with van der Waals surface area (Å²) in [6, 6.07) is 5.78. The highest BCUT2D eigenvalue weighted by Crippen LogP contribution is 2.32. The molecule has 0 fully saturated rings. The number of aliphatic imine (C=N–C) groups is 1. The van der Waals surface area contributed by atoms with Crippen LogP contribution in [0.2, 0.25) is 0 Å². The van der Waals surface area contributed by atoms with Crippen LogP contribution in [0.1, 0.15) is 12.5 Å². The average molecular weight is 307 g/mol. The number of guanidine groups is 1. The van der Waals surface area contributed by atoms with Gasteiger partial charge >= 0.3 is 5.97 Å². The lowest BCUT2D eigenvalue weighted by atomic mass is 10.2. The van der Waals surface area contributed by atoms with E-state index < -0.39 is 0 Å². The fraction of sp³-hybridized carbons (Fsp3) is 0.467. The Hall–Kier alpha value is -2.44. The number of carbonyl (C=O) groups excluding carboxylic acids is 1. The van der Waals surface area contributed by atoms with E-state index in [-0.39, 0.29) is 18.7 Å². The smallest absolute Gasteiger partial charge is 0.310 e. The maximum atomic E-state index is 11.4. The summed E-state index contributed by atoms with van der Waals surface area (Å²) in [4.78, 5) is 15.5.